The van der Waals surface area contributed by atoms with Gasteiger partial charge in [0, 0.05) is 51.6 Å². The lowest BCUT2D eigenvalue weighted by molar-refractivity contribution is -0.128. The normalized spacial score (nSPS) is 17.8. The van der Waals surface area contributed by atoms with Crippen LogP contribution >= 0.6 is 0 Å². The topological polar surface area (TPSA) is 90.6 Å². The standard InChI is InChI=1S/C12H17N3O4S/c1-10(16)14-5-2-6-15(8-7-14)20(18,19)12-9-13-4-3-11(12)17/h3-4,9H,2,5-8H2,1H3,(H,13,17). The molecule has 1 N–H and O–H groups in total. The SMILES string of the molecule is CC(=O)N1CCCN(S(=O)(=O)c2c[nH]ccc2=O)CC1. The van der Waals surface area contributed by atoms with Crippen LogP contribution in [0.5, 0.6) is 0 Å². The van der Waals surface area contributed by atoms with Crippen LogP contribution in [-0.4, -0.2) is 54.7 Å². The van der Waals surface area contributed by atoms with Crippen molar-refractivity contribution < 1.29 is 13.2 Å². The Morgan fingerprint density at radius 1 is 1.25 bits per heavy atom. The molecule has 1 amide bonds. The van der Waals surface area contributed by atoms with E-state index in [2.05, 4.69) is 4.98 Å². The van der Waals surface area contributed by atoms with E-state index < -0.39 is 15.5 Å². The first-order valence-corrected chi connectivity index (χ1v) is 7.79. The second-order valence-electron chi connectivity index (χ2n) is 4.64. The minimum Gasteiger partial charge on any atom is -0.366 e. The second kappa shape index (κ2) is 5.76. The molecular formula is C12H17N3O4S. The first kappa shape index (κ1) is 14.7. The van der Waals surface area contributed by atoms with Gasteiger partial charge in [0.2, 0.25) is 21.4 Å². The Bertz CT molecular complexity index is 653. The zero-order valence-electron chi connectivity index (χ0n) is 11.2. The molecule has 1 saturated heterocycles. The lowest BCUT2D eigenvalue weighted by atomic mass is 10.4. The van der Waals surface area contributed by atoms with Gasteiger partial charge in [-0.2, -0.15) is 4.31 Å². The summed E-state index contributed by atoms with van der Waals surface area (Å²) >= 11 is 0. The van der Waals surface area contributed by atoms with E-state index in [4.69, 9.17) is 0 Å². The predicted octanol–water partition coefficient (Wildman–Crippen LogP) is -0.382. The summed E-state index contributed by atoms with van der Waals surface area (Å²) in [7, 11) is -3.81. The van der Waals surface area contributed by atoms with Gasteiger partial charge >= 0.3 is 0 Å². The lowest BCUT2D eigenvalue weighted by Gasteiger charge is -2.20. The van der Waals surface area contributed by atoms with Crippen LogP contribution in [0.1, 0.15) is 13.3 Å². The summed E-state index contributed by atoms with van der Waals surface area (Å²) < 4.78 is 26.1. The number of hydrogen-bond acceptors (Lipinski definition) is 4. The number of rotatable bonds is 2. The van der Waals surface area contributed by atoms with E-state index in [1.54, 1.807) is 4.90 Å². The Hall–Kier alpha value is -1.67. The highest BCUT2D eigenvalue weighted by molar-refractivity contribution is 7.89. The molecule has 8 heteroatoms. The van der Waals surface area contributed by atoms with Gasteiger partial charge < -0.3 is 9.88 Å². The Labute approximate surface area is 117 Å². The number of aromatic amines is 1. The van der Waals surface area contributed by atoms with Crippen LogP contribution in [0.15, 0.2) is 28.2 Å². The molecular weight excluding hydrogens is 282 g/mol. The van der Waals surface area contributed by atoms with E-state index >= 15 is 0 Å². The van der Waals surface area contributed by atoms with E-state index in [1.165, 1.54) is 29.7 Å². The van der Waals surface area contributed by atoms with Crippen LogP contribution < -0.4 is 5.43 Å². The highest BCUT2D eigenvalue weighted by atomic mass is 32.2. The van der Waals surface area contributed by atoms with Crippen molar-refractivity contribution in [3.63, 3.8) is 0 Å². The molecule has 0 spiro atoms. The van der Waals surface area contributed by atoms with Gasteiger partial charge in [-0.1, -0.05) is 0 Å². The summed E-state index contributed by atoms with van der Waals surface area (Å²) in [5.74, 6) is -0.0678. The zero-order chi connectivity index (χ0) is 14.8. The van der Waals surface area contributed by atoms with E-state index in [-0.39, 0.29) is 17.3 Å². The minimum atomic E-state index is -3.81. The van der Waals surface area contributed by atoms with E-state index in [0.29, 0.717) is 26.1 Å². The third-order valence-corrected chi connectivity index (χ3v) is 5.23. The van der Waals surface area contributed by atoms with Crippen LogP contribution in [0.3, 0.4) is 0 Å². The van der Waals surface area contributed by atoms with E-state index in [0.717, 1.165) is 0 Å². The summed E-state index contributed by atoms with van der Waals surface area (Å²) in [5, 5.41) is 0. The largest absolute Gasteiger partial charge is 0.366 e. The monoisotopic (exact) mass is 299 g/mol. The maximum Gasteiger partial charge on any atom is 0.248 e. The molecule has 2 heterocycles. The van der Waals surface area contributed by atoms with Gasteiger partial charge in [0.15, 0.2) is 0 Å². The highest BCUT2D eigenvalue weighted by Crippen LogP contribution is 2.14. The fourth-order valence-corrected chi connectivity index (χ4v) is 3.70. The Kier molecular flexibility index (Phi) is 4.24. The second-order valence-corrected chi connectivity index (χ2v) is 6.54. The smallest absolute Gasteiger partial charge is 0.248 e. The summed E-state index contributed by atoms with van der Waals surface area (Å²) in [6, 6.07) is 1.19. The number of carbonyl (C=O) groups is 1. The quantitative estimate of drug-likeness (QED) is 0.806. The third kappa shape index (κ3) is 2.91. The molecule has 0 saturated carbocycles. The van der Waals surface area contributed by atoms with Crippen molar-refractivity contribution in [1.82, 2.24) is 14.2 Å². The van der Waals surface area contributed by atoms with E-state index in [1.807, 2.05) is 0 Å². The van der Waals surface area contributed by atoms with Gasteiger partial charge in [0.1, 0.15) is 4.90 Å². The Morgan fingerprint density at radius 2 is 2.00 bits per heavy atom. The average molecular weight is 299 g/mol. The molecule has 110 valence electrons. The number of nitrogens with zero attached hydrogens (tertiary/aromatic N) is 2. The number of aromatic nitrogens is 1. The molecule has 1 aromatic rings. The molecule has 0 unspecified atom stereocenters. The first-order chi connectivity index (χ1) is 9.43. The van der Waals surface area contributed by atoms with Crippen molar-refractivity contribution in [1.29, 1.82) is 0 Å². The Morgan fingerprint density at radius 3 is 2.65 bits per heavy atom. The van der Waals surface area contributed by atoms with Crippen molar-refractivity contribution in [2.24, 2.45) is 0 Å². The highest BCUT2D eigenvalue weighted by Gasteiger charge is 2.29. The molecule has 0 radical (unpaired) electrons. The Balaban J connectivity index is 2.25. The third-order valence-electron chi connectivity index (χ3n) is 3.31. The van der Waals surface area contributed by atoms with Gasteiger partial charge in [0.25, 0.3) is 0 Å². The summed E-state index contributed by atoms with van der Waals surface area (Å²) in [6.45, 7) is 2.86. The van der Waals surface area contributed by atoms with Gasteiger partial charge in [0.05, 0.1) is 0 Å². The summed E-state index contributed by atoms with van der Waals surface area (Å²) in [4.78, 5) is 27.0. The number of hydrogen-bond donors (Lipinski definition) is 1. The lowest BCUT2D eigenvalue weighted by Crippen LogP contribution is -2.38. The number of amides is 1. The number of pyridine rings is 1. The molecule has 0 atom stereocenters. The van der Waals surface area contributed by atoms with Crippen LogP contribution in [0.25, 0.3) is 0 Å². The summed E-state index contributed by atoms with van der Waals surface area (Å²) in [5.41, 5.74) is -0.531. The van der Waals surface area contributed by atoms with Gasteiger partial charge in [-0.3, -0.25) is 9.59 Å². The van der Waals surface area contributed by atoms with Crippen LogP contribution in [0, 0.1) is 0 Å². The molecule has 7 nitrogen and oxygen atoms in total. The van der Waals surface area contributed by atoms with Gasteiger partial charge in [-0.05, 0) is 6.42 Å². The molecule has 0 bridgehead atoms. The van der Waals surface area contributed by atoms with Gasteiger partial charge in [-0.25, -0.2) is 8.42 Å². The molecule has 20 heavy (non-hydrogen) atoms. The van der Waals surface area contributed by atoms with Gasteiger partial charge in [-0.15, -0.1) is 0 Å². The van der Waals surface area contributed by atoms with Crippen molar-refractivity contribution in [3.8, 4) is 0 Å². The first-order valence-electron chi connectivity index (χ1n) is 6.35. The number of nitrogens with one attached hydrogen (secondary N) is 1. The molecule has 1 aliphatic heterocycles. The molecule has 1 aromatic heterocycles. The average Bonchev–Trinajstić information content (AvgIpc) is 2.65. The maximum atomic E-state index is 12.4. The van der Waals surface area contributed by atoms with Crippen molar-refractivity contribution in [3.05, 3.63) is 28.7 Å². The molecule has 1 fully saturated rings. The summed E-state index contributed by atoms with van der Waals surface area (Å²) in [6.07, 6.45) is 3.15. The fraction of sp³-hybridized carbons (Fsp3) is 0.500. The number of H-pyrrole nitrogens is 1. The van der Waals surface area contributed by atoms with Crippen molar-refractivity contribution in [2.75, 3.05) is 26.2 Å². The fourth-order valence-electron chi connectivity index (χ4n) is 2.19. The van der Waals surface area contributed by atoms with Crippen LogP contribution in [0.4, 0.5) is 0 Å². The van der Waals surface area contributed by atoms with Crippen LogP contribution in [0.2, 0.25) is 0 Å². The predicted molar refractivity (Wildman–Crippen MR) is 72.7 cm³/mol. The van der Waals surface area contributed by atoms with E-state index in [9.17, 15) is 18.0 Å². The molecule has 2 rings (SSSR count). The minimum absolute atomic E-state index is 0.0678. The maximum absolute atomic E-state index is 12.4. The molecule has 1 aliphatic rings. The number of sulfonamides is 1. The molecule has 0 aromatic carbocycles. The van der Waals surface area contributed by atoms with Crippen molar-refractivity contribution in [2.45, 2.75) is 18.2 Å². The number of carbonyl (C=O) groups excluding carboxylic acids is 1. The molecule has 0 aliphatic carbocycles. The van der Waals surface area contributed by atoms with Crippen molar-refractivity contribution >= 4 is 15.9 Å². The zero-order valence-corrected chi connectivity index (χ0v) is 12.0. The van der Waals surface area contributed by atoms with Crippen LogP contribution in [-0.2, 0) is 14.8 Å².